The van der Waals surface area contributed by atoms with Crippen LogP contribution in [-0.4, -0.2) is 51.4 Å². The predicted molar refractivity (Wildman–Crippen MR) is 148 cm³/mol. The number of hydrogen-bond donors (Lipinski definition) is 0. The molecule has 2 aromatic carbocycles. The second kappa shape index (κ2) is 10.2. The Hall–Kier alpha value is -3.75. The maximum atomic E-state index is 14.3. The highest BCUT2D eigenvalue weighted by Crippen LogP contribution is 2.57. The second-order valence-corrected chi connectivity index (χ2v) is 12.4. The third-order valence-electron chi connectivity index (χ3n) is 8.94. The first-order valence-electron chi connectivity index (χ1n) is 14.1. The van der Waals surface area contributed by atoms with Crippen LogP contribution in [0.5, 0.6) is 0 Å². The third-order valence-corrected chi connectivity index (χ3v) is 8.94. The predicted octanol–water partition coefficient (Wildman–Crippen LogP) is 5.02. The van der Waals surface area contributed by atoms with Gasteiger partial charge in [0.15, 0.2) is 0 Å². The zero-order chi connectivity index (χ0) is 29.9. The first-order chi connectivity index (χ1) is 19.9. The van der Waals surface area contributed by atoms with Crippen LogP contribution in [0.15, 0.2) is 42.7 Å². The molecule has 42 heavy (non-hydrogen) atoms. The van der Waals surface area contributed by atoms with Crippen molar-refractivity contribution in [2.75, 3.05) is 24.6 Å². The minimum atomic E-state index is -4.59. The molecule has 0 bridgehead atoms. The summed E-state index contributed by atoms with van der Waals surface area (Å²) < 4.78 is 50.4. The number of anilines is 1. The molecule has 0 spiro atoms. The molecule has 1 saturated heterocycles. The molecule has 1 amide bonds. The Balaban J connectivity index is 1.33. The lowest BCUT2D eigenvalue weighted by Crippen LogP contribution is -2.49. The number of morpholine rings is 1. The number of benzene rings is 2. The van der Waals surface area contributed by atoms with Crippen molar-refractivity contribution < 1.29 is 22.7 Å². The van der Waals surface area contributed by atoms with Crippen LogP contribution < -0.4 is 4.90 Å². The number of rotatable bonds is 6. The number of amides is 1. The van der Waals surface area contributed by atoms with Crippen LogP contribution in [0.4, 0.5) is 18.9 Å². The van der Waals surface area contributed by atoms with Crippen LogP contribution >= 0.6 is 0 Å². The average molecular weight is 579 g/mol. The molecule has 11 heteroatoms. The molecule has 1 aromatic heterocycles. The van der Waals surface area contributed by atoms with Crippen molar-refractivity contribution in [3.05, 3.63) is 76.4 Å². The van der Waals surface area contributed by atoms with E-state index in [9.17, 15) is 23.2 Å². The van der Waals surface area contributed by atoms with E-state index < -0.39 is 28.5 Å². The van der Waals surface area contributed by atoms with Crippen LogP contribution in [-0.2, 0) is 42.9 Å². The highest BCUT2D eigenvalue weighted by molar-refractivity contribution is 6.10. The molecule has 8 nitrogen and oxygen atoms in total. The van der Waals surface area contributed by atoms with E-state index in [-0.39, 0.29) is 23.8 Å². The first kappa shape index (κ1) is 28.4. The van der Waals surface area contributed by atoms with E-state index >= 15 is 0 Å². The van der Waals surface area contributed by atoms with Crippen molar-refractivity contribution in [2.24, 2.45) is 12.5 Å². The normalized spacial score (nSPS) is 26.2. The van der Waals surface area contributed by atoms with Crippen LogP contribution in [0.1, 0.15) is 65.1 Å². The lowest BCUT2D eigenvalue weighted by Gasteiger charge is -2.51. The highest BCUT2D eigenvalue weighted by Gasteiger charge is 2.54. The molecule has 2 aliphatic heterocycles. The lowest BCUT2D eigenvalue weighted by atomic mass is 9.50. The molecule has 3 aliphatic rings. The number of nitrogens with zero attached hydrogens (tertiary/aromatic N) is 6. The molecule has 1 saturated carbocycles. The van der Waals surface area contributed by atoms with Gasteiger partial charge in [-0.05, 0) is 67.6 Å². The van der Waals surface area contributed by atoms with Gasteiger partial charge in [-0.3, -0.25) is 9.69 Å². The zero-order valence-electron chi connectivity index (χ0n) is 23.9. The standard InChI is InChI=1S/C31H33F3N6O2/c1-20-13-39(7-8-42-20)14-21-9-24-25(26(10-21)31(32,33)34)15-40(28(24)41)23-6-4-5-22(11-23)30(16-29(2,17-30)18-35)12-27-37-36-19-38(27)3/h4-6,9-11,19-20H,7-8,12-17H2,1-3H3. The van der Waals surface area contributed by atoms with Gasteiger partial charge in [-0.2, -0.15) is 18.4 Å². The van der Waals surface area contributed by atoms with Crippen molar-refractivity contribution in [2.45, 2.75) is 63.9 Å². The molecule has 1 unspecified atom stereocenters. The van der Waals surface area contributed by atoms with E-state index in [2.05, 4.69) is 21.2 Å². The minimum Gasteiger partial charge on any atom is -0.376 e. The number of carbonyl (C=O) groups is 1. The van der Waals surface area contributed by atoms with Gasteiger partial charge in [0.05, 0.1) is 36.3 Å². The van der Waals surface area contributed by atoms with Gasteiger partial charge in [0.25, 0.3) is 5.91 Å². The number of carbonyl (C=O) groups excluding carboxylic acids is 1. The van der Waals surface area contributed by atoms with E-state index in [1.807, 2.05) is 43.7 Å². The summed E-state index contributed by atoms with van der Waals surface area (Å²) >= 11 is 0. The van der Waals surface area contributed by atoms with E-state index in [0.717, 1.165) is 11.4 Å². The number of aryl methyl sites for hydroxylation is 1. The fourth-order valence-electron chi connectivity index (χ4n) is 7.04. The summed E-state index contributed by atoms with van der Waals surface area (Å²) in [5.41, 5.74) is 0.373. The largest absolute Gasteiger partial charge is 0.416 e. The second-order valence-electron chi connectivity index (χ2n) is 12.4. The molecular weight excluding hydrogens is 545 g/mol. The smallest absolute Gasteiger partial charge is 0.376 e. The topological polar surface area (TPSA) is 87.3 Å². The van der Waals surface area contributed by atoms with Crippen molar-refractivity contribution in [3.63, 3.8) is 0 Å². The lowest BCUT2D eigenvalue weighted by molar-refractivity contribution is -0.138. The Kier molecular flexibility index (Phi) is 6.90. The first-order valence-corrected chi connectivity index (χ1v) is 14.1. The number of fused-ring (bicyclic) bond motifs is 1. The van der Waals surface area contributed by atoms with Gasteiger partial charge in [0, 0.05) is 49.8 Å². The van der Waals surface area contributed by atoms with Gasteiger partial charge in [0.1, 0.15) is 12.2 Å². The van der Waals surface area contributed by atoms with Gasteiger partial charge in [-0.1, -0.05) is 12.1 Å². The molecule has 6 rings (SSSR count). The number of aromatic nitrogens is 3. The Morgan fingerprint density at radius 3 is 2.67 bits per heavy atom. The Bertz CT molecular complexity index is 1570. The van der Waals surface area contributed by atoms with Crippen LogP contribution in [0.3, 0.4) is 0 Å². The van der Waals surface area contributed by atoms with E-state index in [1.54, 1.807) is 18.5 Å². The van der Waals surface area contributed by atoms with Crippen molar-refractivity contribution in [1.82, 2.24) is 19.7 Å². The summed E-state index contributed by atoms with van der Waals surface area (Å²) in [4.78, 5) is 17.2. The fourth-order valence-corrected chi connectivity index (χ4v) is 7.04. The SMILES string of the molecule is CC1CN(Cc2cc3c(c(C(F)(F)F)c2)CN(c2cccc(C4(Cc5nncn5C)CC(C)(C#N)C4)c2)C3=O)CCO1. The van der Waals surface area contributed by atoms with Gasteiger partial charge in [0.2, 0.25) is 0 Å². The molecule has 2 fully saturated rings. The summed E-state index contributed by atoms with van der Waals surface area (Å²) in [6, 6.07) is 12.7. The molecule has 0 N–H and O–H groups in total. The Morgan fingerprint density at radius 1 is 1.21 bits per heavy atom. The minimum absolute atomic E-state index is 0.00156. The summed E-state index contributed by atoms with van der Waals surface area (Å²) in [6.45, 7) is 5.78. The Labute approximate surface area is 242 Å². The molecule has 0 radical (unpaired) electrons. The zero-order valence-corrected chi connectivity index (χ0v) is 23.9. The highest BCUT2D eigenvalue weighted by atomic mass is 19.4. The number of ether oxygens (including phenoxy) is 1. The van der Waals surface area contributed by atoms with Crippen molar-refractivity contribution in [3.8, 4) is 6.07 Å². The summed E-state index contributed by atoms with van der Waals surface area (Å²) in [7, 11) is 1.87. The summed E-state index contributed by atoms with van der Waals surface area (Å²) in [5.74, 6) is 0.338. The number of nitriles is 1. The van der Waals surface area contributed by atoms with Crippen LogP contribution in [0.2, 0.25) is 0 Å². The summed E-state index contributed by atoms with van der Waals surface area (Å²) in [5, 5.41) is 18.0. The molecule has 1 atom stereocenters. The molecule has 3 heterocycles. The van der Waals surface area contributed by atoms with Gasteiger partial charge in [-0.15, -0.1) is 10.2 Å². The maximum absolute atomic E-state index is 14.3. The maximum Gasteiger partial charge on any atom is 0.416 e. The van der Waals surface area contributed by atoms with Crippen molar-refractivity contribution >= 4 is 11.6 Å². The monoisotopic (exact) mass is 578 g/mol. The number of hydrogen-bond acceptors (Lipinski definition) is 6. The van der Waals surface area contributed by atoms with Gasteiger partial charge >= 0.3 is 6.18 Å². The molecule has 3 aromatic rings. The number of alkyl halides is 3. The third kappa shape index (κ3) is 5.07. The van der Waals surface area contributed by atoms with Gasteiger partial charge < -0.3 is 14.2 Å². The molecular formula is C31H33F3N6O2. The van der Waals surface area contributed by atoms with E-state index in [4.69, 9.17) is 4.74 Å². The van der Waals surface area contributed by atoms with Gasteiger partial charge in [-0.25, -0.2) is 0 Å². The van der Waals surface area contributed by atoms with Crippen LogP contribution in [0, 0.1) is 16.7 Å². The molecule has 1 aliphatic carbocycles. The quantitative estimate of drug-likeness (QED) is 0.408. The number of halogens is 3. The van der Waals surface area contributed by atoms with E-state index in [1.165, 1.54) is 11.0 Å². The molecule has 220 valence electrons. The van der Waals surface area contributed by atoms with E-state index in [0.29, 0.717) is 56.8 Å². The van der Waals surface area contributed by atoms with Crippen molar-refractivity contribution in [1.29, 1.82) is 5.26 Å². The average Bonchev–Trinajstić information content (AvgIpc) is 3.48. The van der Waals surface area contributed by atoms with Crippen LogP contribution in [0.25, 0.3) is 0 Å². The Morgan fingerprint density at radius 2 is 2.00 bits per heavy atom. The fraction of sp³-hybridized carbons (Fsp3) is 0.484. The summed E-state index contributed by atoms with van der Waals surface area (Å²) in [6.07, 6.45) is -1.21.